The lowest BCUT2D eigenvalue weighted by molar-refractivity contribution is 0.356. The summed E-state index contributed by atoms with van der Waals surface area (Å²) in [4.78, 5) is 5.43. The van der Waals surface area contributed by atoms with Crippen molar-refractivity contribution >= 4 is 10.0 Å². The van der Waals surface area contributed by atoms with Gasteiger partial charge in [0.1, 0.15) is 0 Å². The van der Waals surface area contributed by atoms with Crippen LogP contribution < -0.4 is 0 Å². The molecule has 0 aromatic carbocycles. The molecule has 0 unspecified atom stereocenters. The van der Waals surface area contributed by atoms with Gasteiger partial charge in [-0.05, 0) is 26.2 Å². The molecule has 0 bridgehead atoms. The summed E-state index contributed by atoms with van der Waals surface area (Å²) in [6, 6.07) is 2.44. The van der Waals surface area contributed by atoms with Crippen LogP contribution in [0.25, 0.3) is 0 Å². The molecule has 0 atom stereocenters. The molecule has 0 aliphatic rings. The molecule has 1 heterocycles. The Labute approximate surface area is 101 Å². The number of likely N-dealkylation sites (N-methyl/N-ethyl adjacent to an activating group) is 2. The minimum atomic E-state index is -3.84. The van der Waals surface area contributed by atoms with Crippen molar-refractivity contribution in [2.24, 2.45) is 0 Å². The van der Waals surface area contributed by atoms with Gasteiger partial charge in [0.05, 0.1) is 0 Å². The van der Waals surface area contributed by atoms with Crippen molar-refractivity contribution in [2.75, 3.05) is 34.2 Å². The minimum Gasteiger partial charge on any atom is -0.308 e. The Balaban J connectivity index is 2.92. The first-order valence-electron chi connectivity index (χ1n) is 5.07. The smallest absolute Gasteiger partial charge is 0.263 e. The summed E-state index contributed by atoms with van der Waals surface area (Å²) < 4.78 is 38.4. The fourth-order valence-corrected chi connectivity index (χ4v) is 2.30. The van der Waals surface area contributed by atoms with E-state index in [1.165, 1.54) is 19.3 Å². The summed E-state index contributed by atoms with van der Waals surface area (Å²) in [5.74, 6) is -0.829. The molecule has 0 saturated heterocycles. The molecule has 1 aromatic rings. The molecular weight excluding hydrogens is 245 g/mol. The van der Waals surface area contributed by atoms with E-state index < -0.39 is 20.9 Å². The SMILES string of the molecule is CN(C)CCN(C)S(=O)(=O)c1ncccc1F. The van der Waals surface area contributed by atoms with E-state index in [4.69, 9.17) is 0 Å². The fraction of sp³-hybridized carbons (Fsp3) is 0.500. The monoisotopic (exact) mass is 261 g/mol. The van der Waals surface area contributed by atoms with E-state index in [0.717, 1.165) is 10.4 Å². The topological polar surface area (TPSA) is 53.5 Å². The Hall–Kier alpha value is -1.05. The van der Waals surface area contributed by atoms with Crippen LogP contribution in [0.5, 0.6) is 0 Å². The zero-order valence-electron chi connectivity index (χ0n) is 10.1. The maximum atomic E-state index is 13.4. The largest absolute Gasteiger partial charge is 0.308 e. The molecule has 0 amide bonds. The maximum Gasteiger partial charge on any atom is 0.263 e. The Morgan fingerprint density at radius 1 is 1.29 bits per heavy atom. The molecule has 0 N–H and O–H groups in total. The highest BCUT2D eigenvalue weighted by atomic mass is 32.2. The van der Waals surface area contributed by atoms with Crippen LogP contribution in [-0.2, 0) is 10.0 Å². The summed E-state index contributed by atoms with van der Waals surface area (Å²) in [7, 11) is 1.24. The second-order valence-electron chi connectivity index (χ2n) is 3.92. The van der Waals surface area contributed by atoms with Gasteiger partial charge in [-0.1, -0.05) is 0 Å². The molecule has 1 rings (SSSR count). The first-order chi connectivity index (χ1) is 7.85. The van der Waals surface area contributed by atoms with Gasteiger partial charge in [-0.2, -0.15) is 4.31 Å². The van der Waals surface area contributed by atoms with Crippen molar-refractivity contribution in [3.63, 3.8) is 0 Å². The highest BCUT2D eigenvalue weighted by Gasteiger charge is 2.25. The van der Waals surface area contributed by atoms with E-state index in [9.17, 15) is 12.8 Å². The van der Waals surface area contributed by atoms with E-state index in [2.05, 4.69) is 4.98 Å². The molecule has 0 spiro atoms. The molecule has 7 heteroatoms. The molecule has 0 radical (unpaired) electrons. The number of hydrogen-bond donors (Lipinski definition) is 0. The van der Waals surface area contributed by atoms with Gasteiger partial charge in [-0.25, -0.2) is 17.8 Å². The van der Waals surface area contributed by atoms with Crippen molar-refractivity contribution in [2.45, 2.75) is 5.03 Å². The molecule has 0 saturated carbocycles. The van der Waals surface area contributed by atoms with Crippen molar-refractivity contribution in [1.29, 1.82) is 0 Å². The first kappa shape index (κ1) is 14.0. The van der Waals surface area contributed by atoms with Crippen molar-refractivity contribution in [1.82, 2.24) is 14.2 Å². The zero-order chi connectivity index (χ0) is 13.1. The number of halogens is 1. The lowest BCUT2D eigenvalue weighted by atomic mass is 10.5. The van der Waals surface area contributed by atoms with E-state index in [0.29, 0.717) is 6.54 Å². The quantitative estimate of drug-likeness (QED) is 0.770. The summed E-state index contributed by atoms with van der Waals surface area (Å²) in [6.07, 6.45) is 1.26. The van der Waals surface area contributed by atoms with Gasteiger partial charge < -0.3 is 4.90 Å². The third kappa shape index (κ3) is 3.45. The number of nitrogens with zero attached hydrogens (tertiary/aromatic N) is 3. The molecule has 0 fully saturated rings. The van der Waals surface area contributed by atoms with Gasteiger partial charge in [-0.15, -0.1) is 0 Å². The normalized spacial score (nSPS) is 12.4. The van der Waals surface area contributed by atoms with Gasteiger partial charge in [0.15, 0.2) is 5.82 Å². The van der Waals surface area contributed by atoms with Gasteiger partial charge in [0.25, 0.3) is 10.0 Å². The molecular formula is C10H16FN3O2S. The summed E-state index contributed by atoms with van der Waals surface area (Å²) in [5.41, 5.74) is 0. The minimum absolute atomic E-state index is 0.283. The van der Waals surface area contributed by atoms with E-state index >= 15 is 0 Å². The average molecular weight is 261 g/mol. The lowest BCUT2D eigenvalue weighted by Crippen LogP contribution is -2.34. The maximum absolute atomic E-state index is 13.4. The van der Waals surface area contributed by atoms with E-state index in [-0.39, 0.29) is 6.54 Å². The van der Waals surface area contributed by atoms with Gasteiger partial charge in [-0.3, -0.25) is 0 Å². The van der Waals surface area contributed by atoms with Crippen LogP contribution in [0, 0.1) is 5.82 Å². The van der Waals surface area contributed by atoms with Crippen LogP contribution >= 0.6 is 0 Å². The molecule has 0 aliphatic carbocycles. The Morgan fingerprint density at radius 3 is 2.47 bits per heavy atom. The van der Waals surface area contributed by atoms with Crippen molar-refractivity contribution in [3.05, 3.63) is 24.1 Å². The fourth-order valence-electron chi connectivity index (χ4n) is 1.17. The van der Waals surface area contributed by atoms with Crippen LogP contribution in [0.15, 0.2) is 23.4 Å². The predicted molar refractivity (Wildman–Crippen MR) is 62.6 cm³/mol. The number of pyridine rings is 1. The van der Waals surface area contributed by atoms with Gasteiger partial charge >= 0.3 is 0 Å². The van der Waals surface area contributed by atoms with Crippen LogP contribution in [0.2, 0.25) is 0 Å². The zero-order valence-corrected chi connectivity index (χ0v) is 10.9. The van der Waals surface area contributed by atoms with Crippen LogP contribution in [0.4, 0.5) is 4.39 Å². The molecule has 1 aromatic heterocycles. The van der Waals surface area contributed by atoms with E-state index in [1.54, 1.807) is 0 Å². The second kappa shape index (κ2) is 5.52. The van der Waals surface area contributed by atoms with Gasteiger partial charge in [0.2, 0.25) is 5.03 Å². The van der Waals surface area contributed by atoms with Crippen LogP contribution in [0.1, 0.15) is 0 Å². The summed E-state index contributed by atoms with van der Waals surface area (Å²) in [5, 5.41) is -0.527. The average Bonchev–Trinajstić information content (AvgIpc) is 2.26. The number of aromatic nitrogens is 1. The van der Waals surface area contributed by atoms with Gasteiger partial charge in [0, 0.05) is 26.3 Å². The highest BCUT2D eigenvalue weighted by Crippen LogP contribution is 2.14. The highest BCUT2D eigenvalue weighted by molar-refractivity contribution is 7.89. The molecule has 0 aliphatic heterocycles. The predicted octanol–water partition coefficient (Wildman–Crippen LogP) is 0.403. The summed E-state index contributed by atoms with van der Waals surface area (Å²) in [6.45, 7) is 0.843. The van der Waals surface area contributed by atoms with Crippen LogP contribution in [0.3, 0.4) is 0 Å². The lowest BCUT2D eigenvalue weighted by Gasteiger charge is -2.18. The number of sulfonamides is 1. The van der Waals surface area contributed by atoms with Crippen LogP contribution in [-0.4, -0.2) is 56.8 Å². The third-order valence-electron chi connectivity index (χ3n) is 2.24. The Kier molecular flexibility index (Phi) is 4.55. The number of hydrogen-bond acceptors (Lipinski definition) is 4. The standard InChI is InChI=1S/C10H16FN3O2S/c1-13(2)7-8-14(3)17(15,16)10-9(11)5-4-6-12-10/h4-6H,7-8H2,1-3H3. The van der Waals surface area contributed by atoms with E-state index in [1.807, 2.05) is 19.0 Å². The molecule has 17 heavy (non-hydrogen) atoms. The summed E-state index contributed by atoms with van der Waals surface area (Å²) >= 11 is 0. The Morgan fingerprint density at radius 2 is 1.94 bits per heavy atom. The number of rotatable bonds is 5. The molecule has 5 nitrogen and oxygen atoms in total. The Bertz CT molecular complexity index is 476. The first-order valence-corrected chi connectivity index (χ1v) is 6.51. The third-order valence-corrected chi connectivity index (χ3v) is 4.03. The second-order valence-corrected chi connectivity index (χ2v) is 5.88. The molecule has 96 valence electrons. The van der Waals surface area contributed by atoms with Crippen molar-refractivity contribution < 1.29 is 12.8 Å². The van der Waals surface area contributed by atoms with Crippen molar-refractivity contribution in [3.8, 4) is 0 Å².